The molecule has 0 aliphatic heterocycles. The van der Waals surface area contributed by atoms with Crippen molar-refractivity contribution in [3.8, 4) is 17.0 Å². The molecule has 0 bridgehead atoms. The van der Waals surface area contributed by atoms with E-state index in [0.29, 0.717) is 10.9 Å². The number of rotatable bonds is 2. The molecular weight excluding hydrogens is 250 g/mol. The van der Waals surface area contributed by atoms with E-state index in [2.05, 4.69) is 15.0 Å². The molecule has 0 saturated heterocycles. The van der Waals surface area contributed by atoms with Crippen LogP contribution in [-0.4, -0.2) is 22.1 Å². The minimum Gasteiger partial charge on any atom is -0.481 e. The molecule has 0 aromatic carbocycles. The van der Waals surface area contributed by atoms with E-state index in [0.717, 1.165) is 22.2 Å². The minimum absolute atomic E-state index is 0.570. The third kappa shape index (κ3) is 1.62. The van der Waals surface area contributed by atoms with E-state index in [4.69, 9.17) is 16.3 Å². The molecule has 4 nitrogen and oxygen atoms in total. The molecule has 3 aromatic heterocycles. The number of ether oxygens (including phenoxy) is 1. The van der Waals surface area contributed by atoms with Crippen LogP contribution in [0.1, 0.15) is 0 Å². The first-order valence-corrected chi connectivity index (χ1v) is 5.80. The van der Waals surface area contributed by atoms with Crippen LogP contribution in [0.25, 0.3) is 22.2 Å². The van der Waals surface area contributed by atoms with Crippen LogP contribution in [0, 0.1) is 0 Å². The van der Waals surface area contributed by atoms with E-state index < -0.39 is 0 Å². The first-order valence-electron chi connectivity index (χ1n) is 5.42. The number of aromatic nitrogens is 3. The average Bonchev–Trinajstić information content (AvgIpc) is 2.84. The Kier molecular flexibility index (Phi) is 2.64. The van der Waals surface area contributed by atoms with Gasteiger partial charge in [0.05, 0.1) is 23.2 Å². The third-order valence-corrected chi connectivity index (χ3v) is 3.09. The van der Waals surface area contributed by atoms with Crippen molar-refractivity contribution in [2.45, 2.75) is 0 Å². The van der Waals surface area contributed by atoms with Crippen molar-refractivity contribution in [1.29, 1.82) is 0 Å². The molecule has 3 heterocycles. The fourth-order valence-electron chi connectivity index (χ4n) is 1.96. The lowest BCUT2D eigenvalue weighted by molar-refractivity contribution is 0.400. The highest BCUT2D eigenvalue weighted by Crippen LogP contribution is 2.34. The number of aromatic amines is 1. The lowest BCUT2D eigenvalue weighted by Gasteiger charge is -2.05. The molecule has 90 valence electrons. The second-order valence-electron chi connectivity index (χ2n) is 3.78. The van der Waals surface area contributed by atoms with Gasteiger partial charge in [-0.25, -0.2) is 4.98 Å². The van der Waals surface area contributed by atoms with Crippen LogP contribution in [0.15, 0.2) is 36.8 Å². The summed E-state index contributed by atoms with van der Waals surface area (Å²) in [6.07, 6.45) is 5.24. The van der Waals surface area contributed by atoms with E-state index in [1.807, 2.05) is 18.3 Å². The van der Waals surface area contributed by atoms with Gasteiger partial charge in [-0.2, -0.15) is 0 Å². The summed E-state index contributed by atoms with van der Waals surface area (Å²) < 4.78 is 5.26. The van der Waals surface area contributed by atoms with Gasteiger partial charge in [-0.15, -0.1) is 0 Å². The van der Waals surface area contributed by atoms with Crippen LogP contribution in [0.2, 0.25) is 5.02 Å². The number of pyridine rings is 2. The van der Waals surface area contributed by atoms with Gasteiger partial charge in [0.15, 0.2) is 0 Å². The molecule has 0 radical (unpaired) electrons. The average molecular weight is 260 g/mol. The van der Waals surface area contributed by atoms with E-state index in [-0.39, 0.29) is 0 Å². The van der Waals surface area contributed by atoms with Crippen molar-refractivity contribution < 1.29 is 4.74 Å². The third-order valence-electron chi connectivity index (χ3n) is 2.77. The predicted octanol–water partition coefficient (Wildman–Crippen LogP) is 3.29. The highest BCUT2D eigenvalue weighted by molar-refractivity contribution is 6.35. The maximum Gasteiger partial charge on any atom is 0.221 e. The highest BCUT2D eigenvalue weighted by atomic mass is 35.5. The van der Waals surface area contributed by atoms with Crippen LogP contribution in [0.4, 0.5) is 0 Å². The first-order chi connectivity index (χ1) is 8.81. The first kappa shape index (κ1) is 11.0. The molecule has 0 aliphatic rings. The minimum atomic E-state index is 0.570. The normalized spacial score (nSPS) is 10.8. The molecule has 5 heteroatoms. The molecule has 0 saturated carbocycles. The van der Waals surface area contributed by atoms with Crippen LogP contribution >= 0.6 is 11.6 Å². The van der Waals surface area contributed by atoms with Crippen molar-refractivity contribution in [3.63, 3.8) is 0 Å². The Morgan fingerprint density at radius 2 is 2.06 bits per heavy atom. The molecule has 18 heavy (non-hydrogen) atoms. The summed E-state index contributed by atoms with van der Waals surface area (Å²) in [7, 11) is 1.60. The van der Waals surface area contributed by atoms with Crippen molar-refractivity contribution in [3.05, 3.63) is 41.8 Å². The van der Waals surface area contributed by atoms with E-state index in [9.17, 15) is 0 Å². The largest absolute Gasteiger partial charge is 0.481 e. The Morgan fingerprint density at radius 1 is 1.17 bits per heavy atom. The number of H-pyrrole nitrogens is 1. The second-order valence-corrected chi connectivity index (χ2v) is 4.19. The van der Waals surface area contributed by atoms with Gasteiger partial charge in [0.2, 0.25) is 5.88 Å². The van der Waals surface area contributed by atoms with Gasteiger partial charge in [0.25, 0.3) is 0 Å². The summed E-state index contributed by atoms with van der Waals surface area (Å²) in [5, 5.41) is 0.647. The highest BCUT2D eigenvalue weighted by Gasteiger charge is 2.13. The number of nitrogens with one attached hydrogen (secondary N) is 1. The molecular formula is C13H10ClN3O. The lowest BCUT2D eigenvalue weighted by Crippen LogP contribution is -1.90. The summed E-state index contributed by atoms with van der Waals surface area (Å²) >= 11 is 6.11. The summed E-state index contributed by atoms with van der Waals surface area (Å²) in [5.74, 6) is 0.570. The van der Waals surface area contributed by atoms with E-state index >= 15 is 0 Å². The van der Waals surface area contributed by atoms with Crippen LogP contribution in [0.3, 0.4) is 0 Å². The Morgan fingerprint density at radius 3 is 2.89 bits per heavy atom. The molecule has 0 atom stereocenters. The molecule has 3 rings (SSSR count). The molecule has 3 aromatic rings. The molecule has 1 N–H and O–H groups in total. The number of fused-ring (bicyclic) bond motifs is 1. The maximum atomic E-state index is 6.11. The summed E-state index contributed by atoms with van der Waals surface area (Å²) in [6, 6.07) is 5.56. The quantitative estimate of drug-likeness (QED) is 0.768. The van der Waals surface area contributed by atoms with Crippen molar-refractivity contribution in [2.75, 3.05) is 7.11 Å². The van der Waals surface area contributed by atoms with Gasteiger partial charge in [0.1, 0.15) is 0 Å². The van der Waals surface area contributed by atoms with Crippen LogP contribution in [0.5, 0.6) is 5.88 Å². The van der Waals surface area contributed by atoms with Crippen LogP contribution in [-0.2, 0) is 0 Å². The monoisotopic (exact) mass is 259 g/mol. The zero-order valence-corrected chi connectivity index (χ0v) is 10.4. The van der Waals surface area contributed by atoms with Crippen LogP contribution < -0.4 is 4.74 Å². The molecule has 0 unspecified atom stereocenters. The number of halogens is 1. The zero-order valence-electron chi connectivity index (χ0n) is 9.64. The fraction of sp³-hybridized carbons (Fsp3) is 0.0769. The van der Waals surface area contributed by atoms with Gasteiger partial charge >= 0.3 is 0 Å². The van der Waals surface area contributed by atoms with Crippen molar-refractivity contribution in [1.82, 2.24) is 15.0 Å². The molecule has 0 spiro atoms. The summed E-state index contributed by atoms with van der Waals surface area (Å²) in [5.41, 5.74) is 3.45. The Balaban J connectivity index is 2.29. The number of nitrogens with zero attached hydrogens (tertiary/aromatic N) is 2. The van der Waals surface area contributed by atoms with E-state index in [1.54, 1.807) is 25.6 Å². The Hall–Kier alpha value is -2.07. The predicted molar refractivity (Wildman–Crippen MR) is 70.9 cm³/mol. The molecule has 0 aliphatic carbocycles. The second kappa shape index (κ2) is 4.31. The lowest BCUT2D eigenvalue weighted by atomic mass is 10.1. The maximum absolute atomic E-state index is 6.11. The topological polar surface area (TPSA) is 50.8 Å². The Labute approximate surface area is 109 Å². The molecule has 0 fully saturated rings. The van der Waals surface area contributed by atoms with Crippen molar-refractivity contribution >= 4 is 22.6 Å². The van der Waals surface area contributed by atoms with Crippen molar-refractivity contribution in [2.24, 2.45) is 0 Å². The fourth-order valence-corrected chi connectivity index (χ4v) is 2.16. The summed E-state index contributed by atoms with van der Waals surface area (Å²) in [4.78, 5) is 11.7. The van der Waals surface area contributed by atoms with E-state index in [1.165, 1.54) is 0 Å². The number of methoxy groups -OCH3 is 1. The SMILES string of the molecule is COc1ncccc1-c1c[nH]c2c(Cl)ccnc12. The smallest absolute Gasteiger partial charge is 0.221 e. The molecule has 0 amide bonds. The van der Waals surface area contributed by atoms with Gasteiger partial charge in [-0.3, -0.25) is 4.98 Å². The Bertz CT molecular complexity index is 708. The zero-order chi connectivity index (χ0) is 12.5. The van der Waals surface area contributed by atoms with Gasteiger partial charge in [0, 0.05) is 29.7 Å². The standard InChI is InChI=1S/C13H10ClN3O/c1-18-13-8(3-2-5-16-13)9-7-17-12-10(14)4-6-15-11(9)12/h2-7,17H,1H3. The van der Waals surface area contributed by atoms with Gasteiger partial charge < -0.3 is 9.72 Å². The number of hydrogen-bond acceptors (Lipinski definition) is 3. The van der Waals surface area contributed by atoms with Gasteiger partial charge in [-0.1, -0.05) is 11.6 Å². The number of hydrogen-bond donors (Lipinski definition) is 1. The summed E-state index contributed by atoms with van der Waals surface area (Å²) in [6.45, 7) is 0. The van der Waals surface area contributed by atoms with Gasteiger partial charge in [-0.05, 0) is 18.2 Å².